The highest BCUT2D eigenvalue weighted by molar-refractivity contribution is 4.97. The van der Waals surface area contributed by atoms with Crippen molar-refractivity contribution in [2.75, 3.05) is 0 Å². The minimum atomic E-state index is -0.219. The van der Waals surface area contributed by atoms with Crippen LogP contribution in [-0.4, -0.2) is 22.2 Å². The number of aliphatic hydroxyl groups excluding tert-OH is 1. The first-order valence-corrected chi connectivity index (χ1v) is 5.53. The molecule has 2 N–H and O–H groups in total. The van der Waals surface area contributed by atoms with Crippen LogP contribution in [0.3, 0.4) is 0 Å². The van der Waals surface area contributed by atoms with E-state index in [0.29, 0.717) is 5.89 Å². The van der Waals surface area contributed by atoms with Crippen molar-refractivity contribution in [3.63, 3.8) is 0 Å². The Kier molecular flexibility index (Phi) is 3.07. The predicted octanol–water partition coefficient (Wildman–Crippen LogP) is 1.55. The molecule has 4 nitrogen and oxygen atoms in total. The number of oxazole rings is 1. The summed E-state index contributed by atoms with van der Waals surface area (Å²) in [5, 5.41) is 13.0. The van der Waals surface area contributed by atoms with E-state index in [1.54, 1.807) is 6.20 Å². The molecule has 1 aliphatic rings. The summed E-state index contributed by atoms with van der Waals surface area (Å²) in [4.78, 5) is 4.17. The molecule has 1 aliphatic carbocycles. The highest BCUT2D eigenvalue weighted by Gasteiger charge is 2.27. The fourth-order valence-corrected chi connectivity index (χ4v) is 2.10. The van der Waals surface area contributed by atoms with Crippen LogP contribution in [0.5, 0.6) is 0 Å². The van der Waals surface area contributed by atoms with E-state index < -0.39 is 0 Å². The van der Waals surface area contributed by atoms with Gasteiger partial charge in [-0.2, -0.15) is 0 Å². The number of aromatic nitrogens is 1. The molecule has 0 amide bonds. The Morgan fingerprint density at radius 3 is 2.93 bits per heavy atom. The molecule has 0 aliphatic heterocycles. The van der Waals surface area contributed by atoms with Crippen molar-refractivity contribution in [2.24, 2.45) is 0 Å². The topological polar surface area (TPSA) is 58.3 Å². The molecule has 84 valence electrons. The first-order chi connectivity index (χ1) is 7.16. The number of hydrogen-bond acceptors (Lipinski definition) is 4. The molecule has 1 aromatic heterocycles. The summed E-state index contributed by atoms with van der Waals surface area (Å²) in [5.74, 6) is 1.53. The molecule has 1 saturated carbocycles. The molecule has 0 aromatic carbocycles. The average molecular weight is 210 g/mol. The predicted molar refractivity (Wildman–Crippen MR) is 56.4 cm³/mol. The number of aryl methyl sites for hydroxylation is 1. The van der Waals surface area contributed by atoms with Crippen LogP contribution in [0.1, 0.15) is 43.9 Å². The Hall–Kier alpha value is -0.870. The van der Waals surface area contributed by atoms with Crippen LogP contribution in [-0.2, 0) is 0 Å². The van der Waals surface area contributed by atoms with Gasteiger partial charge in [-0.05, 0) is 33.1 Å². The standard InChI is InChI=1S/C11H18N2O2/c1-7-6-12-11(15-7)8(2)13-9-4-3-5-10(9)14/h6,8-10,13-14H,3-5H2,1-2H3/t8?,9-,10-/m1/s1. The Balaban J connectivity index is 1.94. The molecule has 15 heavy (non-hydrogen) atoms. The molecule has 1 unspecified atom stereocenters. The van der Waals surface area contributed by atoms with E-state index >= 15 is 0 Å². The van der Waals surface area contributed by atoms with E-state index in [0.717, 1.165) is 25.0 Å². The number of nitrogens with zero attached hydrogens (tertiary/aromatic N) is 1. The molecule has 1 heterocycles. The van der Waals surface area contributed by atoms with Gasteiger partial charge >= 0.3 is 0 Å². The molecule has 0 saturated heterocycles. The smallest absolute Gasteiger partial charge is 0.211 e. The second kappa shape index (κ2) is 4.33. The Labute approximate surface area is 89.7 Å². The molecule has 0 radical (unpaired) electrons. The third kappa shape index (κ3) is 2.38. The van der Waals surface area contributed by atoms with Gasteiger partial charge in [0.2, 0.25) is 5.89 Å². The number of nitrogens with one attached hydrogen (secondary N) is 1. The van der Waals surface area contributed by atoms with E-state index in [1.165, 1.54) is 0 Å². The zero-order chi connectivity index (χ0) is 10.8. The summed E-state index contributed by atoms with van der Waals surface area (Å²) in [6.07, 6.45) is 4.53. The van der Waals surface area contributed by atoms with Crippen molar-refractivity contribution >= 4 is 0 Å². The van der Waals surface area contributed by atoms with Gasteiger partial charge in [0, 0.05) is 6.04 Å². The lowest BCUT2D eigenvalue weighted by molar-refractivity contribution is 0.141. The third-order valence-corrected chi connectivity index (χ3v) is 2.95. The van der Waals surface area contributed by atoms with Crippen LogP contribution in [0.15, 0.2) is 10.6 Å². The van der Waals surface area contributed by atoms with Crippen LogP contribution in [0, 0.1) is 6.92 Å². The van der Waals surface area contributed by atoms with Gasteiger partial charge in [0.25, 0.3) is 0 Å². The van der Waals surface area contributed by atoms with Crippen LogP contribution < -0.4 is 5.32 Å². The van der Waals surface area contributed by atoms with E-state index in [-0.39, 0.29) is 18.2 Å². The van der Waals surface area contributed by atoms with Crippen LogP contribution in [0.4, 0.5) is 0 Å². The maximum absolute atomic E-state index is 9.68. The zero-order valence-corrected chi connectivity index (χ0v) is 9.23. The summed E-state index contributed by atoms with van der Waals surface area (Å²) in [5.41, 5.74) is 0. The van der Waals surface area contributed by atoms with Crippen molar-refractivity contribution in [3.8, 4) is 0 Å². The van der Waals surface area contributed by atoms with Crippen LogP contribution in [0.2, 0.25) is 0 Å². The third-order valence-electron chi connectivity index (χ3n) is 2.95. The van der Waals surface area contributed by atoms with Crippen molar-refractivity contribution in [1.82, 2.24) is 10.3 Å². The Morgan fingerprint density at radius 2 is 2.40 bits per heavy atom. The summed E-state index contributed by atoms with van der Waals surface area (Å²) >= 11 is 0. The van der Waals surface area contributed by atoms with Gasteiger partial charge in [-0.15, -0.1) is 0 Å². The molecule has 3 atom stereocenters. The lowest BCUT2D eigenvalue weighted by Gasteiger charge is -2.19. The van der Waals surface area contributed by atoms with Crippen LogP contribution in [0.25, 0.3) is 0 Å². The first kappa shape index (κ1) is 10.6. The lowest BCUT2D eigenvalue weighted by Crippen LogP contribution is -2.37. The lowest BCUT2D eigenvalue weighted by atomic mass is 10.2. The highest BCUT2D eigenvalue weighted by atomic mass is 16.4. The van der Waals surface area contributed by atoms with E-state index in [1.807, 2.05) is 13.8 Å². The van der Waals surface area contributed by atoms with E-state index in [2.05, 4.69) is 10.3 Å². The maximum atomic E-state index is 9.68. The fraction of sp³-hybridized carbons (Fsp3) is 0.727. The maximum Gasteiger partial charge on any atom is 0.211 e. The second-order valence-electron chi connectivity index (χ2n) is 4.30. The van der Waals surface area contributed by atoms with Crippen molar-refractivity contribution in [1.29, 1.82) is 0 Å². The largest absolute Gasteiger partial charge is 0.444 e. The molecular weight excluding hydrogens is 192 g/mol. The molecule has 1 aromatic rings. The molecular formula is C11H18N2O2. The monoisotopic (exact) mass is 210 g/mol. The van der Waals surface area contributed by atoms with Gasteiger partial charge in [0.15, 0.2) is 0 Å². The SMILES string of the molecule is Cc1cnc(C(C)N[C@@H]2CCC[C@H]2O)o1. The quantitative estimate of drug-likeness (QED) is 0.794. The molecule has 0 spiro atoms. The number of rotatable bonds is 3. The summed E-state index contributed by atoms with van der Waals surface area (Å²) in [6.45, 7) is 3.89. The van der Waals surface area contributed by atoms with Crippen molar-refractivity contribution < 1.29 is 9.52 Å². The highest BCUT2D eigenvalue weighted by Crippen LogP contribution is 2.22. The molecule has 2 rings (SSSR count). The van der Waals surface area contributed by atoms with Crippen LogP contribution >= 0.6 is 0 Å². The molecule has 0 bridgehead atoms. The minimum absolute atomic E-state index is 0.0662. The number of hydrogen-bond donors (Lipinski definition) is 2. The van der Waals surface area contributed by atoms with E-state index in [4.69, 9.17) is 4.42 Å². The van der Waals surface area contributed by atoms with Gasteiger partial charge in [0.1, 0.15) is 5.76 Å². The Bertz CT molecular complexity index is 324. The van der Waals surface area contributed by atoms with Gasteiger partial charge in [-0.3, -0.25) is 0 Å². The summed E-state index contributed by atoms with van der Waals surface area (Å²) < 4.78 is 5.44. The minimum Gasteiger partial charge on any atom is -0.444 e. The summed E-state index contributed by atoms with van der Waals surface area (Å²) in [6, 6.07) is 0.253. The van der Waals surface area contributed by atoms with Gasteiger partial charge < -0.3 is 14.8 Å². The number of aliphatic hydroxyl groups is 1. The van der Waals surface area contributed by atoms with E-state index in [9.17, 15) is 5.11 Å². The average Bonchev–Trinajstić information content (AvgIpc) is 2.77. The van der Waals surface area contributed by atoms with Gasteiger partial charge in [-0.1, -0.05) is 0 Å². The van der Waals surface area contributed by atoms with Gasteiger partial charge in [0.05, 0.1) is 18.3 Å². The zero-order valence-electron chi connectivity index (χ0n) is 9.23. The van der Waals surface area contributed by atoms with Crippen molar-refractivity contribution in [2.45, 2.75) is 51.3 Å². The first-order valence-electron chi connectivity index (χ1n) is 5.53. The Morgan fingerprint density at radius 1 is 1.60 bits per heavy atom. The van der Waals surface area contributed by atoms with Crippen molar-refractivity contribution in [3.05, 3.63) is 17.8 Å². The second-order valence-corrected chi connectivity index (χ2v) is 4.30. The van der Waals surface area contributed by atoms with Gasteiger partial charge in [-0.25, -0.2) is 4.98 Å². The molecule has 1 fully saturated rings. The normalized spacial score (nSPS) is 28.2. The fourth-order valence-electron chi connectivity index (χ4n) is 2.10. The molecule has 4 heteroatoms. The summed E-state index contributed by atoms with van der Waals surface area (Å²) in [7, 11) is 0.